The fourth-order valence-corrected chi connectivity index (χ4v) is 1.62. The lowest BCUT2D eigenvalue weighted by molar-refractivity contribution is -0.116. The molecule has 2 aromatic rings. The molecule has 0 saturated carbocycles. The summed E-state index contributed by atoms with van der Waals surface area (Å²) in [6.07, 6.45) is 0.281. The summed E-state index contributed by atoms with van der Waals surface area (Å²) >= 11 is 0. The van der Waals surface area contributed by atoms with Gasteiger partial charge in [-0.3, -0.25) is 4.79 Å². The number of carboxylic acids is 1. The van der Waals surface area contributed by atoms with E-state index in [4.69, 9.17) is 9.63 Å². The molecule has 7 nitrogen and oxygen atoms in total. The van der Waals surface area contributed by atoms with Gasteiger partial charge in [0, 0.05) is 12.8 Å². The molecule has 0 fully saturated rings. The minimum absolute atomic E-state index is 0.0434. The first-order valence-corrected chi connectivity index (χ1v) is 6.07. The third-order valence-corrected chi connectivity index (χ3v) is 2.63. The van der Waals surface area contributed by atoms with E-state index in [9.17, 15) is 14.0 Å². The zero-order valence-electron chi connectivity index (χ0n) is 11.1. The summed E-state index contributed by atoms with van der Waals surface area (Å²) in [4.78, 5) is 26.3. The van der Waals surface area contributed by atoms with Gasteiger partial charge in [0.25, 0.3) is 0 Å². The number of nitrogens with one attached hydrogen (secondary N) is 1. The lowest BCUT2D eigenvalue weighted by Gasteiger charge is -2.06. The average Bonchev–Trinajstić information content (AvgIpc) is 2.84. The molecule has 1 amide bonds. The molecule has 0 atom stereocenters. The van der Waals surface area contributed by atoms with Gasteiger partial charge in [-0.1, -0.05) is 5.16 Å². The van der Waals surface area contributed by atoms with Gasteiger partial charge in [0.2, 0.25) is 11.8 Å². The molecule has 0 spiro atoms. The summed E-state index contributed by atoms with van der Waals surface area (Å²) < 4.78 is 18.5. The van der Waals surface area contributed by atoms with Crippen molar-refractivity contribution in [3.05, 3.63) is 41.3 Å². The van der Waals surface area contributed by atoms with E-state index in [0.29, 0.717) is 11.7 Å². The van der Waals surface area contributed by atoms with Crippen LogP contribution in [0.1, 0.15) is 28.5 Å². The highest BCUT2D eigenvalue weighted by atomic mass is 19.1. The highest BCUT2D eigenvalue weighted by Crippen LogP contribution is 2.16. The van der Waals surface area contributed by atoms with Gasteiger partial charge in [0.15, 0.2) is 5.82 Å². The topological polar surface area (TPSA) is 105 Å². The Balaban J connectivity index is 1.94. The summed E-state index contributed by atoms with van der Waals surface area (Å²) in [6.45, 7) is 1.66. The first-order chi connectivity index (χ1) is 9.95. The molecule has 0 bridgehead atoms. The molecule has 2 N–H and O–H groups in total. The molecule has 0 radical (unpaired) electrons. The van der Waals surface area contributed by atoms with E-state index in [1.165, 1.54) is 12.1 Å². The van der Waals surface area contributed by atoms with Crippen molar-refractivity contribution >= 4 is 17.6 Å². The molecule has 0 aliphatic heterocycles. The van der Waals surface area contributed by atoms with E-state index >= 15 is 0 Å². The quantitative estimate of drug-likeness (QED) is 0.870. The van der Waals surface area contributed by atoms with Crippen molar-refractivity contribution in [1.29, 1.82) is 0 Å². The third-order valence-electron chi connectivity index (χ3n) is 2.63. The van der Waals surface area contributed by atoms with Gasteiger partial charge in [-0.15, -0.1) is 0 Å². The fourth-order valence-electron chi connectivity index (χ4n) is 1.62. The first kappa shape index (κ1) is 14.6. The van der Waals surface area contributed by atoms with Crippen molar-refractivity contribution in [3.8, 4) is 0 Å². The number of carbonyl (C=O) groups excluding carboxylic acids is 1. The summed E-state index contributed by atoms with van der Waals surface area (Å²) in [5.74, 6) is -1.69. The molecule has 8 heteroatoms. The van der Waals surface area contributed by atoms with Gasteiger partial charge in [-0.05, 0) is 25.1 Å². The van der Waals surface area contributed by atoms with Crippen LogP contribution in [0.4, 0.5) is 10.1 Å². The van der Waals surface area contributed by atoms with Gasteiger partial charge in [-0.2, -0.15) is 4.98 Å². The maximum absolute atomic E-state index is 13.6. The summed E-state index contributed by atoms with van der Waals surface area (Å²) in [5, 5.41) is 14.7. The summed E-state index contributed by atoms with van der Waals surface area (Å²) in [5.41, 5.74) is -0.265. The molecule has 2 rings (SSSR count). The Morgan fingerprint density at radius 2 is 2.19 bits per heavy atom. The average molecular weight is 293 g/mol. The number of aromatic nitrogens is 2. The van der Waals surface area contributed by atoms with Crippen molar-refractivity contribution in [2.45, 2.75) is 19.8 Å². The maximum atomic E-state index is 13.6. The SMILES string of the molecule is Cc1noc(CCC(=O)Nc2ccc(C(=O)O)cc2F)n1. The van der Waals surface area contributed by atoms with Crippen molar-refractivity contribution in [1.82, 2.24) is 10.1 Å². The van der Waals surface area contributed by atoms with Crippen molar-refractivity contribution < 1.29 is 23.6 Å². The van der Waals surface area contributed by atoms with Crippen LogP contribution in [-0.2, 0) is 11.2 Å². The van der Waals surface area contributed by atoms with E-state index in [1.807, 2.05) is 0 Å². The third kappa shape index (κ3) is 3.85. The second kappa shape index (κ2) is 6.12. The number of nitrogens with zero attached hydrogens (tertiary/aromatic N) is 2. The zero-order valence-corrected chi connectivity index (χ0v) is 11.1. The molecule has 110 valence electrons. The minimum Gasteiger partial charge on any atom is -0.478 e. The maximum Gasteiger partial charge on any atom is 0.335 e. The number of carbonyl (C=O) groups is 2. The Labute approximate surface area is 118 Å². The van der Waals surface area contributed by atoms with Crippen molar-refractivity contribution in [2.24, 2.45) is 0 Å². The largest absolute Gasteiger partial charge is 0.478 e. The number of anilines is 1. The van der Waals surface area contributed by atoms with Gasteiger partial charge < -0.3 is 14.9 Å². The number of hydrogen-bond acceptors (Lipinski definition) is 5. The lowest BCUT2D eigenvalue weighted by atomic mass is 10.2. The number of halogens is 1. The minimum atomic E-state index is -1.24. The van der Waals surface area contributed by atoms with Crippen LogP contribution >= 0.6 is 0 Å². The summed E-state index contributed by atoms with van der Waals surface area (Å²) in [7, 11) is 0. The number of aryl methyl sites for hydroxylation is 2. The van der Waals surface area contributed by atoms with Crippen LogP contribution in [0, 0.1) is 12.7 Å². The Morgan fingerprint density at radius 3 is 2.76 bits per heavy atom. The molecule has 0 aliphatic carbocycles. The molecule has 0 unspecified atom stereocenters. The number of carboxylic acid groups (broad SMARTS) is 1. The number of hydrogen-bond donors (Lipinski definition) is 2. The van der Waals surface area contributed by atoms with Crippen LogP contribution in [0.25, 0.3) is 0 Å². The predicted octanol–water partition coefficient (Wildman–Crippen LogP) is 1.79. The standard InChI is InChI=1S/C13H12FN3O4/c1-7-15-12(21-17-7)5-4-11(18)16-10-3-2-8(13(19)20)6-9(10)14/h2-3,6H,4-5H2,1H3,(H,16,18)(H,19,20). The predicted molar refractivity (Wildman–Crippen MR) is 69.3 cm³/mol. The zero-order chi connectivity index (χ0) is 15.4. The van der Waals surface area contributed by atoms with E-state index in [2.05, 4.69) is 15.5 Å². The number of benzene rings is 1. The van der Waals surface area contributed by atoms with E-state index in [1.54, 1.807) is 6.92 Å². The normalized spacial score (nSPS) is 10.4. The molecular formula is C13H12FN3O4. The van der Waals surface area contributed by atoms with Crippen LogP contribution in [0.15, 0.2) is 22.7 Å². The monoisotopic (exact) mass is 293 g/mol. The second-order valence-electron chi connectivity index (χ2n) is 4.28. The molecule has 0 aliphatic rings. The van der Waals surface area contributed by atoms with Crippen LogP contribution in [0.5, 0.6) is 0 Å². The van der Waals surface area contributed by atoms with Crippen LogP contribution in [-0.4, -0.2) is 27.1 Å². The number of amides is 1. The van der Waals surface area contributed by atoms with Gasteiger partial charge in [-0.25, -0.2) is 9.18 Å². The molecule has 0 saturated heterocycles. The number of aromatic carboxylic acids is 1. The second-order valence-corrected chi connectivity index (χ2v) is 4.28. The summed E-state index contributed by atoms with van der Waals surface area (Å²) in [6, 6.07) is 3.26. The van der Waals surface area contributed by atoms with Crippen molar-refractivity contribution in [3.63, 3.8) is 0 Å². The highest BCUT2D eigenvalue weighted by molar-refractivity contribution is 5.92. The van der Waals surface area contributed by atoms with Crippen LogP contribution in [0.2, 0.25) is 0 Å². The number of rotatable bonds is 5. The van der Waals surface area contributed by atoms with E-state index in [-0.39, 0.29) is 24.1 Å². The van der Waals surface area contributed by atoms with Gasteiger partial charge in [0.05, 0.1) is 11.3 Å². The van der Waals surface area contributed by atoms with Crippen LogP contribution in [0.3, 0.4) is 0 Å². The molecule has 1 aromatic heterocycles. The Hall–Kier alpha value is -2.77. The smallest absolute Gasteiger partial charge is 0.335 e. The fraction of sp³-hybridized carbons (Fsp3) is 0.231. The molecule has 21 heavy (non-hydrogen) atoms. The van der Waals surface area contributed by atoms with Crippen molar-refractivity contribution in [2.75, 3.05) is 5.32 Å². The Morgan fingerprint density at radius 1 is 1.43 bits per heavy atom. The van der Waals surface area contributed by atoms with Gasteiger partial charge in [0.1, 0.15) is 5.82 Å². The van der Waals surface area contributed by atoms with Crippen LogP contribution < -0.4 is 5.32 Å². The van der Waals surface area contributed by atoms with E-state index in [0.717, 1.165) is 6.07 Å². The van der Waals surface area contributed by atoms with Gasteiger partial charge >= 0.3 is 5.97 Å². The molecule has 1 aromatic carbocycles. The first-order valence-electron chi connectivity index (χ1n) is 6.07. The molecule has 1 heterocycles. The highest BCUT2D eigenvalue weighted by Gasteiger charge is 2.12. The van der Waals surface area contributed by atoms with E-state index < -0.39 is 17.7 Å². The Kier molecular flexibility index (Phi) is 4.27. The molecular weight excluding hydrogens is 281 g/mol. The lowest BCUT2D eigenvalue weighted by Crippen LogP contribution is -2.14. The Bertz CT molecular complexity index is 684.